The molecule has 0 spiro atoms. The highest BCUT2D eigenvalue weighted by Crippen LogP contribution is 2.29. The number of nitrogens with zero attached hydrogens (tertiary/aromatic N) is 2. The zero-order chi connectivity index (χ0) is 17.7. The topological polar surface area (TPSA) is 53.8 Å². The smallest absolute Gasteiger partial charge is 0.257 e. The number of aryl methyl sites for hydroxylation is 2. The second-order valence-corrected chi connectivity index (χ2v) is 6.69. The molecule has 0 atom stereocenters. The van der Waals surface area contributed by atoms with Gasteiger partial charge in [-0.15, -0.1) is 0 Å². The van der Waals surface area contributed by atoms with E-state index in [0.717, 1.165) is 44.5 Å². The Labute approximate surface area is 145 Å². The van der Waals surface area contributed by atoms with Crippen LogP contribution >= 0.6 is 0 Å². The second kappa shape index (κ2) is 8.36. The van der Waals surface area contributed by atoms with Gasteiger partial charge in [0, 0.05) is 32.1 Å². The predicted octanol–water partition coefficient (Wildman–Crippen LogP) is 3.54. The van der Waals surface area contributed by atoms with Crippen LogP contribution in [0, 0.1) is 13.8 Å². The molecule has 1 aliphatic carbocycles. The largest absolute Gasteiger partial charge is 0.466 e. The number of hydrogen-bond acceptors (Lipinski definition) is 3. The quantitative estimate of drug-likeness (QED) is 0.694. The lowest BCUT2D eigenvalue weighted by molar-refractivity contribution is -0.131. The maximum absolute atomic E-state index is 12.8. The van der Waals surface area contributed by atoms with Crippen molar-refractivity contribution in [3.8, 4) is 0 Å². The van der Waals surface area contributed by atoms with Gasteiger partial charge in [-0.3, -0.25) is 9.59 Å². The van der Waals surface area contributed by atoms with Gasteiger partial charge in [0.15, 0.2) is 0 Å². The molecular formula is C19H30N2O3. The molecule has 24 heavy (non-hydrogen) atoms. The summed E-state index contributed by atoms with van der Waals surface area (Å²) in [6, 6.07) is 2.08. The number of rotatable bonds is 9. The standard InChI is InChI=1S/C19H30N2O3/c1-5-10-20(11-6-2)18(22)9-12-21(16-7-8-16)19(23)17-13-14(3)24-15(17)4/h13,16H,5-12H2,1-4H3. The molecule has 1 aromatic rings. The monoisotopic (exact) mass is 334 g/mol. The Morgan fingerprint density at radius 1 is 1.12 bits per heavy atom. The van der Waals surface area contributed by atoms with Crippen molar-refractivity contribution in [1.82, 2.24) is 9.80 Å². The summed E-state index contributed by atoms with van der Waals surface area (Å²) < 4.78 is 5.49. The van der Waals surface area contributed by atoms with Crippen molar-refractivity contribution in [3.05, 3.63) is 23.2 Å². The van der Waals surface area contributed by atoms with E-state index in [1.807, 2.05) is 23.6 Å². The third-order valence-electron chi connectivity index (χ3n) is 4.43. The van der Waals surface area contributed by atoms with Crippen molar-refractivity contribution < 1.29 is 14.0 Å². The van der Waals surface area contributed by atoms with Gasteiger partial charge < -0.3 is 14.2 Å². The third-order valence-corrected chi connectivity index (χ3v) is 4.43. The zero-order valence-corrected chi connectivity index (χ0v) is 15.4. The highest BCUT2D eigenvalue weighted by atomic mass is 16.3. The summed E-state index contributed by atoms with van der Waals surface area (Å²) in [4.78, 5) is 29.1. The van der Waals surface area contributed by atoms with Gasteiger partial charge in [0.1, 0.15) is 11.5 Å². The third kappa shape index (κ3) is 4.62. The molecule has 2 amide bonds. The summed E-state index contributed by atoms with van der Waals surface area (Å²) in [7, 11) is 0. The first kappa shape index (κ1) is 18.6. The van der Waals surface area contributed by atoms with Gasteiger partial charge in [0.05, 0.1) is 5.56 Å². The van der Waals surface area contributed by atoms with E-state index < -0.39 is 0 Å². The molecule has 5 heteroatoms. The van der Waals surface area contributed by atoms with Crippen LogP contribution in [0.2, 0.25) is 0 Å². The van der Waals surface area contributed by atoms with Crippen LogP contribution in [0.3, 0.4) is 0 Å². The summed E-state index contributed by atoms with van der Waals surface area (Å²) in [6.45, 7) is 9.92. The summed E-state index contributed by atoms with van der Waals surface area (Å²) in [5.74, 6) is 1.56. The van der Waals surface area contributed by atoms with Gasteiger partial charge in [0.2, 0.25) is 5.91 Å². The van der Waals surface area contributed by atoms with Crippen molar-refractivity contribution in [1.29, 1.82) is 0 Å². The lowest BCUT2D eigenvalue weighted by Gasteiger charge is -2.25. The van der Waals surface area contributed by atoms with Crippen molar-refractivity contribution >= 4 is 11.8 Å². The molecule has 0 N–H and O–H groups in total. The zero-order valence-electron chi connectivity index (χ0n) is 15.4. The van der Waals surface area contributed by atoms with Gasteiger partial charge in [-0.05, 0) is 45.6 Å². The molecule has 1 aromatic heterocycles. The maximum atomic E-state index is 12.8. The minimum Gasteiger partial charge on any atom is -0.466 e. The first-order valence-electron chi connectivity index (χ1n) is 9.13. The Hall–Kier alpha value is -1.78. The molecule has 0 unspecified atom stereocenters. The minimum atomic E-state index is -0.00261. The van der Waals surface area contributed by atoms with Crippen LogP contribution in [-0.2, 0) is 4.79 Å². The fraction of sp³-hybridized carbons (Fsp3) is 0.684. The average molecular weight is 334 g/mol. The number of carbonyl (C=O) groups excluding carboxylic acids is 2. The Morgan fingerprint density at radius 2 is 1.75 bits per heavy atom. The van der Waals surface area contributed by atoms with Crippen LogP contribution in [0.4, 0.5) is 0 Å². The van der Waals surface area contributed by atoms with E-state index in [1.54, 1.807) is 6.07 Å². The van der Waals surface area contributed by atoms with E-state index in [1.165, 1.54) is 0 Å². The van der Waals surface area contributed by atoms with Crippen molar-refractivity contribution in [2.75, 3.05) is 19.6 Å². The van der Waals surface area contributed by atoms with Crippen LogP contribution in [0.15, 0.2) is 10.5 Å². The van der Waals surface area contributed by atoms with E-state index in [4.69, 9.17) is 4.42 Å². The minimum absolute atomic E-state index is 0.00261. The number of amides is 2. The van der Waals surface area contributed by atoms with Crippen LogP contribution in [0.25, 0.3) is 0 Å². The Kier molecular flexibility index (Phi) is 6.46. The van der Waals surface area contributed by atoms with Crippen molar-refractivity contribution in [2.45, 2.75) is 65.8 Å². The van der Waals surface area contributed by atoms with E-state index in [0.29, 0.717) is 24.3 Å². The van der Waals surface area contributed by atoms with Gasteiger partial charge in [-0.25, -0.2) is 0 Å². The highest BCUT2D eigenvalue weighted by Gasteiger charge is 2.34. The lowest BCUT2D eigenvalue weighted by Crippen LogP contribution is -2.39. The normalized spacial score (nSPS) is 13.8. The first-order valence-corrected chi connectivity index (χ1v) is 9.13. The van der Waals surface area contributed by atoms with E-state index in [2.05, 4.69) is 13.8 Å². The molecule has 1 fully saturated rings. The summed E-state index contributed by atoms with van der Waals surface area (Å²) >= 11 is 0. The molecule has 1 saturated carbocycles. The van der Waals surface area contributed by atoms with Crippen LogP contribution in [0.5, 0.6) is 0 Å². The number of hydrogen-bond donors (Lipinski definition) is 0. The first-order chi connectivity index (χ1) is 11.5. The second-order valence-electron chi connectivity index (χ2n) is 6.69. The molecule has 134 valence electrons. The average Bonchev–Trinajstić information content (AvgIpc) is 3.31. The highest BCUT2D eigenvalue weighted by molar-refractivity contribution is 5.96. The van der Waals surface area contributed by atoms with E-state index >= 15 is 0 Å². The van der Waals surface area contributed by atoms with Crippen LogP contribution in [0.1, 0.15) is 67.8 Å². The lowest BCUT2D eigenvalue weighted by atomic mass is 10.2. The molecule has 0 bridgehead atoms. The fourth-order valence-corrected chi connectivity index (χ4v) is 3.11. The Morgan fingerprint density at radius 3 is 2.21 bits per heavy atom. The predicted molar refractivity (Wildman–Crippen MR) is 94.0 cm³/mol. The van der Waals surface area contributed by atoms with Crippen LogP contribution in [-0.4, -0.2) is 47.3 Å². The summed E-state index contributed by atoms with van der Waals surface area (Å²) in [5, 5.41) is 0. The molecule has 1 heterocycles. The number of carbonyl (C=O) groups is 2. The maximum Gasteiger partial charge on any atom is 0.257 e. The number of furan rings is 1. The van der Waals surface area contributed by atoms with Crippen molar-refractivity contribution in [3.63, 3.8) is 0 Å². The van der Waals surface area contributed by atoms with Gasteiger partial charge in [-0.1, -0.05) is 13.8 Å². The Balaban J connectivity index is 2.00. The molecule has 5 nitrogen and oxygen atoms in total. The van der Waals surface area contributed by atoms with E-state index in [-0.39, 0.29) is 17.9 Å². The SMILES string of the molecule is CCCN(CCC)C(=O)CCN(C(=O)c1cc(C)oc1C)C1CC1. The Bertz CT molecular complexity index is 569. The molecule has 0 radical (unpaired) electrons. The molecular weight excluding hydrogens is 304 g/mol. The van der Waals surface area contributed by atoms with E-state index in [9.17, 15) is 9.59 Å². The van der Waals surface area contributed by atoms with Crippen LogP contribution < -0.4 is 0 Å². The molecule has 0 aromatic carbocycles. The van der Waals surface area contributed by atoms with Gasteiger partial charge >= 0.3 is 0 Å². The molecule has 1 aliphatic rings. The fourth-order valence-electron chi connectivity index (χ4n) is 3.11. The van der Waals surface area contributed by atoms with Gasteiger partial charge in [-0.2, -0.15) is 0 Å². The summed E-state index contributed by atoms with van der Waals surface area (Å²) in [6.07, 6.45) is 4.39. The molecule has 2 rings (SSSR count). The summed E-state index contributed by atoms with van der Waals surface area (Å²) in [5.41, 5.74) is 0.630. The molecule has 0 aliphatic heterocycles. The van der Waals surface area contributed by atoms with Crippen molar-refractivity contribution in [2.24, 2.45) is 0 Å². The van der Waals surface area contributed by atoms with Gasteiger partial charge in [0.25, 0.3) is 5.91 Å². The molecule has 0 saturated heterocycles.